The molecule has 24 heavy (non-hydrogen) atoms. The lowest BCUT2D eigenvalue weighted by Gasteiger charge is -2.21. The van der Waals surface area contributed by atoms with Crippen LogP contribution in [-0.2, 0) is 9.53 Å². The summed E-state index contributed by atoms with van der Waals surface area (Å²) < 4.78 is 5.67. The second-order valence-corrected chi connectivity index (χ2v) is 7.26. The van der Waals surface area contributed by atoms with Gasteiger partial charge in [-0.05, 0) is 38.3 Å². The van der Waals surface area contributed by atoms with E-state index in [1.807, 2.05) is 6.92 Å². The molecule has 1 rings (SSSR count). The van der Waals surface area contributed by atoms with Gasteiger partial charge in [-0.3, -0.25) is 9.59 Å². The number of ether oxygens (including phenoxy) is 1. The van der Waals surface area contributed by atoms with Crippen LogP contribution in [0.4, 0.5) is 0 Å². The maximum Gasteiger partial charge on any atom is 0.316 e. The molecule has 1 aromatic carbocycles. The van der Waals surface area contributed by atoms with Gasteiger partial charge in [-0.2, -0.15) is 0 Å². The van der Waals surface area contributed by atoms with Gasteiger partial charge < -0.3 is 15.2 Å². The minimum absolute atomic E-state index is 0.118. The van der Waals surface area contributed by atoms with E-state index in [-0.39, 0.29) is 12.0 Å². The van der Waals surface area contributed by atoms with Gasteiger partial charge in [0.2, 0.25) is 0 Å². The van der Waals surface area contributed by atoms with Crippen LogP contribution in [0.25, 0.3) is 0 Å². The molecule has 0 aliphatic carbocycles. The van der Waals surface area contributed by atoms with Crippen LogP contribution in [0, 0.1) is 5.92 Å². The second-order valence-electron chi connectivity index (χ2n) is 5.88. The summed E-state index contributed by atoms with van der Waals surface area (Å²) in [5.41, 5.74) is 0.508. The molecule has 1 amide bonds. The first-order valence-electron chi connectivity index (χ1n) is 8.25. The Bertz CT molecular complexity index is 548. The fourth-order valence-corrected chi connectivity index (χ4v) is 3.17. The first kappa shape index (κ1) is 20.5. The Labute approximate surface area is 148 Å². The average molecular weight is 353 g/mol. The topological polar surface area (TPSA) is 75.6 Å². The van der Waals surface area contributed by atoms with Crippen molar-refractivity contribution in [3.8, 4) is 0 Å². The quantitative estimate of drug-likeness (QED) is 0.630. The zero-order valence-electron chi connectivity index (χ0n) is 14.7. The zero-order chi connectivity index (χ0) is 18.1. The summed E-state index contributed by atoms with van der Waals surface area (Å²) in [6, 6.07) is 7.07. The predicted molar refractivity (Wildman–Crippen MR) is 96.6 cm³/mol. The van der Waals surface area contributed by atoms with Gasteiger partial charge in [-0.15, -0.1) is 11.8 Å². The van der Waals surface area contributed by atoms with Crippen LogP contribution in [0.1, 0.15) is 44.5 Å². The van der Waals surface area contributed by atoms with E-state index in [1.165, 1.54) is 11.8 Å². The number of hydrogen-bond acceptors (Lipinski definition) is 4. The van der Waals surface area contributed by atoms with Gasteiger partial charge in [-0.25, -0.2) is 0 Å². The van der Waals surface area contributed by atoms with Gasteiger partial charge in [0, 0.05) is 18.0 Å². The third-order valence-corrected chi connectivity index (χ3v) is 4.79. The molecule has 2 atom stereocenters. The smallest absolute Gasteiger partial charge is 0.316 e. The molecular formula is C18H27NO4S. The highest BCUT2D eigenvalue weighted by atomic mass is 32.2. The predicted octanol–water partition coefficient (Wildman–Crippen LogP) is 3.43. The van der Waals surface area contributed by atoms with Crippen LogP contribution in [-0.4, -0.2) is 41.5 Å². The minimum Gasteiger partial charge on any atom is -0.480 e. The highest BCUT2D eigenvalue weighted by molar-refractivity contribution is 8.00. The van der Waals surface area contributed by atoms with Gasteiger partial charge in [0.05, 0.1) is 11.7 Å². The number of carbonyl (C=O) groups is 2. The molecule has 0 heterocycles. The number of carbonyl (C=O) groups excluding carboxylic acids is 1. The number of carboxylic acid groups (broad SMARTS) is 1. The molecule has 134 valence electrons. The highest BCUT2D eigenvalue weighted by Gasteiger charge is 2.18. The normalized spacial score (nSPS) is 13.5. The summed E-state index contributed by atoms with van der Waals surface area (Å²) in [6.45, 7) is 8.95. The van der Waals surface area contributed by atoms with E-state index in [0.29, 0.717) is 29.5 Å². The SMILES string of the molecule is CCOC(CCNC(=O)c1ccccc1SC(C)C(=O)O)C(C)C. The largest absolute Gasteiger partial charge is 0.480 e. The Morgan fingerprint density at radius 2 is 1.92 bits per heavy atom. The van der Waals surface area contributed by atoms with Crippen molar-refractivity contribution in [3.63, 3.8) is 0 Å². The number of aliphatic carboxylic acids is 1. The standard InChI is InChI=1S/C18H27NO4S/c1-5-23-15(12(2)3)10-11-19-17(20)14-8-6-7-9-16(14)24-13(4)18(21)22/h6-9,12-13,15H,5,10-11H2,1-4H3,(H,19,20)(H,21,22). The molecule has 0 aliphatic heterocycles. The Hall–Kier alpha value is -1.53. The molecule has 0 aliphatic rings. The van der Waals surface area contributed by atoms with E-state index >= 15 is 0 Å². The lowest BCUT2D eigenvalue weighted by atomic mass is 10.0. The number of hydrogen-bond donors (Lipinski definition) is 2. The summed E-state index contributed by atoms with van der Waals surface area (Å²) in [7, 11) is 0. The summed E-state index contributed by atoms with van der Waals surface area (Å²) in [4.78, 5) is 24.1. The molecule has 2 unspecified atom stereocenters. The van der Waals surface area contributed by atoms with E-state index in [2.05, 4.69) is 19.2 Å². The Balaban J connectivity index is 2.66. The highest BCUT2D eigenvalue weighted by Crippen LogP contribution is 2.27. The molecule has 0 saturated carbocycles. The van der Waals surface area contributed by atoms with Crippen molar-refractivity contribution >= 4 is 23.6 Å². The van der Waals surface area contributed by atoms with Crippen molar-refractivity contribution in [3.05, 3.63) is 29.8 Å². The number of rotatable bonds is 10. The number of carboxylic acids is 1. The average Bonchev–Trinajstić information content (AvgIpc) is 2.54. The van der Waals surface area contributed by atoms with E-state index < -0.39 is 11.2 Å². The maximum absolute atomic E-state index is 12.4. The van der Waals surface area contributed by atoms with Crippen LogP contribution in [0.15, 0.2) is 29.2 Å². The maximum atomic E-state index is 12.4. The molecule has 1 aromatic rings. The van der Waals surface area contributed by atoms with E-state index in [9.17, 15) is 9.59 Å². The molecule has 6 heteroatoms. The van der Waals surface area contributed by atoms with Crippen LogP contribution >= 0.6 is 11.8 Å². The molecule has 0 fully saturated rings. The molecule has 0 spiro atoms. The van der Waals surface area contributed by atoms with Crippen LogP contribution < -0.4 is 5.32 Å². The lowest BCUT2D eigenvalue weighted by molar-refractivity contribution is -0.136. The molecular weight excluding hydrogens is 326 g/mol. The minimum atomic E-state index is -0.897. The summed E-state index contributed by atoms with van der Waals surface area (Å²) in [5.74, 6) is -0.692. The number of amides is 1. The Morgan fingerprint density at radius 3 is 2.50 bits per heavy atom. The fraction of sp³-hybridized carbons (Fsp3) is 0.556. The third-order valence-electron chi connectivity index (χ3n) is 3.62. The van der Waals surface area contributed by atoms with E-state index in [4.69, 9.17) is 9.84 Å². The van der Waals surface area contributed by atoms with Gasteiger partial charge in [0.1, 0.15) is 5.25 Å². The monoisotopic (exact) mass is 353 g/mol. The Morgan fingerprint density at radius 1 is 1.25 bits per heavy atom. The second kappa shape index (κ2) is 10.4. The van der Waals surface area contributed by atoms with Gasteiger partial charge in [0.15, 0.2) is 0 Å². The van der Waals surface area contributed by atoms with Crippen LogP contribution in [0.2, 0.25) is 0 Å². The summed E-state index contributed by atoms with van der Waals surface area (Å²) in [5, 5.41) is 11.3. The van der Waals surface area contributed by atoms with Crippen molar-refractivity contribution in [2.24, 2.45) is 5.92 Å². The van der Waals surface area contributed by atoms with Crippen molar-refractivity contribution in [2.75, 3.05) is 13.2 Å². The van der Waals surface area contributed by atoms with Crippen molar-refractivity contribution in [1.82, 2.24) is 5.32 Å². The fourth-order valence-electron chi connectivity index (χ4n) is 2.24. The van der Waals surface area contributed by atoms with Crippen molar-refractivity contribution in [2.45, 2.75) is 50.4 Å². The van der Waals surface area contributed by atoms with Crippen molar-refractivity contribution in [1.29, 1.82) is 0 Å². The first-order valence-corrected chi connectivity index (χ1v) is 9.13. The van der Waals surface area contributed by atoms with Gasteiger partial charge in [-0.1, -0.05) is 26.0 Å². The number of thioether (sulfide) groups is 1. The zero-order valence-corrected chi connectivity index (χ0v) is 15.6. The molecule has 5 nitrogen and oxygen atoms in total. The van der Waals surface area contributed by atoms with Gasteiger partial charge >= 0.3 is 5.97 Å². The number of nitrogens with one attached hydrogen (secondary N) is 1. The molecule has 2 N–H and O–H groups in total. The van der Waals surface area contributed by atoms with Crippen LogP contribution in [0.3, 0.4) is 0 Å². The van der Waals surface area contributed by atoms with Gasteiger partial charge in [0.25, 0.3) is 5.91 Å². The molecule has 0 saturated heterocycles. The summed E-state index contributed by atoms with van der Waals surface area (Å²) in [6.07, 6.45) is 0.866. The summed E-state index contributed by atoms with van der Waals surface area (Å²) >= 11 is 1.17. The lowest BCUT2D eigenvalue weighted by Crippen LogP contribution is -2.30. The Kier molecular flexibility index (Phi) is 8.85. The van der Waals surface area contributed by atoms with E-state index in [1.54, 1.807) is 31.2 Å². The first-order chi connectivity index (χ1) is 11.4. The number of benzene rings is 1. The molecule has 0 aromatic heterocycles. The van der Waals surface area contributed by atoms with E-state index in [0.717, 1.165) is 6.42 Å². The molecule has 0 radical (unpaired) electrons. The third kappa shape index (κ3) is 6.53. The molecule has 0 bridgehead atoms. The van der Waals surface area contributed by atoms with Crippen LogP contribution in [0.5, 0.6) is 0 Å². The van der Waals surface area contributed by atoms with Crippen molar-refractivity contribution < 1.29 is 19.4 Å².